The van der Waals surface area contributed by atoms with Gasteiger partial charge in [0.05, 0.1) is 5.56 Å². The molecule has 4 nitrogen and oxygen atoms in total. The number of phenols is 1. The van der Waals surface area contributed by atoms with Crippen molar-refractivity contribution >= 4 is 17.2 Å². The molecule has 0 bridgehead atoms. The predicted octanol–water partition coefficient (Wildman–Crippen LogP) is 2.80. The van der Waals surface area contributed by atoms with Crippen LogP contribution >= 0.6 is 11.3 Å². The Bertz CT molecular complexity index is 696. The molecule has 0 unspecified atom stereocenters. The summed E-state index contributed by atoms with van der Waals surface area (Å²) in [5, 5.41) is 14.9. The van der Waals surface area contributed by atoms with Crippen LogP contribution in [-0.2, 0) is 19.4 Å². The van der Waals surface area contributed by atoms with Crippen molar-refractivity contribution in [1.29, 1.82) is 0 Å². The molecule has 122 valence electrons. The fourth-order valence-corrected chi connectivity index (χ4v) is 3.80. The molecule has 5 heteroatoms. The van der Waals surface area contributed by atoms with Gasteiger partial charge in [-0.15, -0.1) is 11.3 Å². The molecule has 1 aliphatic heterocycles. The first-order valence-electron chi connectivity index (χ1n) is 8.05. The molecule has 23 heavy (non-hydrogen) atoms. The molecule has 0 spiro atoms. The molecule has 1 aromatic carbocycles. The number of rotatable bonds is 5. The highest BCUT2D eigenvalue weighted by Gasteiger charge is 2.17. The van der Waals surface area contributed by atoms with Crippen LogP contribution in [0.1, 0.15) is 33.3 Å². The van der Waals surface area contributed by atoms with Crippen molar-refractivity contribution in [3.63, 3.8) is 0 Å². The molecular formula is C18H22N2O2S. The minimum Gasteiger partial charge on any atom is -0.507 e. The van der Waals surface area contributed by atoms with Crippen LogP contribution in [0, 0.1) is 0 Å². The molecule has 2 aromatic rings. The summed E-state index contributed by atoms with van der Waals surface area (Å²) in [5.74, 6) is -0.161. The van der Waals surface area contributed by atoms with Gasteiger partial charge >= 0.3 is 0 Å². The maximum absolute atomic E-state index is 12.2. The van der Waals surface area contributed by atoms with Crippen molar-refractivity contribution < 1.29 is 9.90 Å². The fraction of sp³-hybridized carbons (Fsp3) is 0.389. The number of carbonyl (C=O) groups excluding carboxylic acids is 1. The van der Waals surface area contributed by atoms with E-state index in [-0.39, 0.29) is 11.7 Å². The first-order chi connectivity index (χ1) is 11.2. The highest BCUT2D eigenvalue weighted by Crippen LogP contribution is 2.23. The summed E-state index contributed by atoms with van der Waals surface area (Å²) < 4.78 is 0. The van der Waals surface area contributed by atoms with E-state index in [1.807, 2.05) is 24.3 Å². The van der Waals surface area contributed by atoms with Crippen LogP contribution in [0.4, 0.5) is 0 Å². The highest BCUT2D eigenvalue weighted by atomic mass is 32.1. The maximum Gasteiger partial charge on any atom is 0.255 e. The van der Waals surface area contributed by atoms with Crippen LogP contribution < -0.4 is 5.32 Å². The Morgan fingerprint density at radius 3 is 3.09 bits per heavy atom. The van der Waals surface area contributed by atoms with Gasteiger partial charge in [-0.25, -0.2) is 0 Å². The van der Waals surface area contributed by atoms with Crippen molar-refractivity contribution in [2.45, 2.75) is 26.3 Å². The molecule has 1 aromatic heterocycles. The molecule has 2 N–H and O–H groups in total. The molecule has 0 aliphatic carbocycles. The number of thiophene rings is 1. The van der Waals surface area contributed by atoms with Crippen LogP contribution in [0.15, 0.2) is 29.6 Å². The van der Waals surface area contributed by atoms with Gasteiger partial charge in [0, 0.05) is 31.1 Å². The lowest BCUT2D eigenvalue weighted by Crippen LogP contribution is -2.37. The van der Waals surface area contributed by atoms with Gasteiger partial charge in [0.1, 0.15) is 5.75 Å². The number of benzene rings is 1. The summed E-state index contributed by atoms with van der Waals surface area (Å²) in [7, 11) is 0. The summed E-state index contributed by atoms with van der Waals surface area (Å²) >= 11 is 1.83. The minimum atomic E-state index is -0.203. The summed E-state index contributed by atoms with van der Waals surface area (Å²) in [4.78, 5) is 16.1. The number of phenolic OH excluding ortho intramolecular Hbond substituents is 1. The average molecular weight is 330 g/mol. The lowest BCUT2D eigenvalue weighted by molar-refractivity contribution is 0.0944. The molecule has 0 atom stereocenters. The Kier molecular flexibility index (Phi) is 4.98. The van der Waals surface area contributed by atoms with E-state index < -0.39 is 0 Å². The van der Waals surface area contributed by atoms with Gasteiger partial charge in [0.2, 0.25) is 0 Å². The second kappa shape index (κ2) is 7.15. The molecule has 0 radical (unpaired) electrons. The van der Waals surface area contributed by atoms with E-state index >= 15 is 0 Å². The Morgan fingerprint density at radius 1 is 1.39 bits per heavy atom. The van der Waals surface area contributed by atoms with Gasteiger partial charge in [-0.1, -0.05) is 13.0 Å². The van der Waals surface area contributed by atoms with Crippen LogP contribution in [0.25, 0.3) is 0 Å². The second-order valence-electron chi connectivity index (χ2n) is 5.86. The SMILES string of the molecule is CCc1ccc(O)c(C(=O)NCCN2CCc3sccc3C2)c1. The highest BCUT2D eigenvalue weighted by molar-refractivity contribution is 7.10. The van der Waals surface area contributed by atoms with Crippen molar-refractivity contribution in [2.75, 3.05) is 19.6 Å². The number of carbonyl (C=O) groups is 1. The van der Waals surface area contributed by atoms with Gasteiger partial charge in [0.15, 0.2) is 0 Å². The predicted molar refractivity (Wildman–Crippen MR) is 93.1 cm³/mol. The monoisotopic (exact) mass is 330 g/mol. The normalized spacial score (nSPS) is 14.5. The number of amides is 1. The number of hydrogen-bond donors (Lipinski definition) is 2. The van der Waals surface area contributed by atoms with E-state index in [2.05, 4.69) is 21.7 Å². The summed E-state index contributed by atoms with van der Waals surface area (Å²) in [6.07, 6.45) is 1.94. The van der Waals surface area contributed by atoms with Crippen molar-refractivity contribution in [3.8, 4) is 5.75 Å². The number of fused-ring (bicyclic) bond motifs is 1. The maximum atomic E-state index is 12.2. The topological polar surface area (TPSA) is 52.6 Å². The summed E-state index contributed by atoms with van der Waals surface area (Å²) in [6, 6.07) is 7.40. The molecule has 3 rings (SSSR count). The third-order valence-corrected chi connectivity index (χ3v) is 5.34. The van der Waals surface area contributed by atoms with E-state index in [0.29, 0.717) is 12.1 Å². The number of aryl methyl sites for hydroxylation is 1. The van der Waals surface area contributed by atoms with Crippen LogP contribution in [0.5, 0.6) is 5.75 Å². The largest absolute Gasteiger partial charge is 0.507 e. The Balaban J connectivity index is 1.52. The van der Waals surface area contributed by atoms with Gasteiger partial charge in [0.25, 0.3) is 5.91 Å². The van der Waals surface area contributed by atoms with E-state index in [1.165, 1.54) is 10.4 Å². The van der Waals surface area contributed by atoms with Gasteiger partial charge in [-0.3, -0.25) is 9.69 Å². The molecule has 0 saturated carbocycles. The van der Waals surface area contributed by atoms with Crippen molar-refractivity contribution in [3.05, 3.63) is 51.2 Å². The number of nitrogens with one attached hydrogen (secondary N) is 1. The Morgan fingerprint density at radius 2 is 2.26 bits per heavy atom. The lowest BCUT2D eigenvalue weighted by Gasteiger charge is -2.26. The quantitative estimate of drug-likeness (QED) is 0.886. The van der Waals surface area contributed by atoms with Crippen molar-refractivity contribution in [2.24, 2.45) is 0 Å². The van der Waals surface area contributed by atoms with Gasteiger partial charge in [-0.2, -0.15) is 0 Å². The molecular weight excluding hydrogens is 308 g/mol. The van der Waals surface area contributed by atoms with E-state index in [0.717, 1.165) is 38.0 Å². The van der Waals surface area contributed by atoms with Crippen molar-refractivity contribution in [1.82, 2.24) is 10.2 Å². The standard InChI is InChI=1S/C18H22N2O2S/c1-2-13-3-4-16(21)15(11-13)18(22)19-7-9-20-8-5-17-14(12-20)6-10-23-17/h3-4,6,10-11,21H,2,5,7-9,12H2,1H3,(H,19,22). The molecule has 1 amide bonds. The number of hydrogen-bond acceptors (Lipinski definition) is 4. The van der Waals surface area contributed by atoms with Crippen LogP contribution in [-0.4, -0.2) is 35.5 Å². The van der Waals surface area contributed by atoms with E-state index in [1.54, 1.807) is 12.1 Å². The zero-order valence-electron chi connectivity index (χ0n) is 13.3. The summed E-state index contributed by atoms with van der Waals surface area (Å²) in [5.41, 5.74) is 2.83. The molecule has 1 aliphatic rings. The Labute approximate surface area is 140 Å². The molecule has 0 fully saturated rings. The van der Waals surface area contributed by atoms with E-state index in [9.17, 15) is 9.90 Å². The first kappa shape index (κ1) is 16.0. The van der Waals surface area contributed by atoms with Gasteiger partial charge < -0.3 is 10.4 Å². The third-order valence-electron chi connectivity index (χ3n) is 4.31. The zero-order valence-corrected chi connectivity index (χ0v) is 14.2. The summed E-state index contributed by atoms with van der Waals surface area (Å²) in [6.45, 7) is 5.46. The van der Waals surface area contributed by atoms with Crippen LogP contribution in [0.2, 0.25) is 0 Å². The Hall–Kier alpha value is -1.85. The lowest BCUT2D eigenvalue weighted by atomic mass is 10.1. The average Bonchev–Trinajstić information content (AvgIpc) is 3.03. The first-order valence-corrected chi connectivity index (χ1v) is 8.93. The van der Waals surface area contributed by atoms with E-state index in [4.69, 9.17) is 0 Å². The number of nitrogens with zero attached hydrogens (tertiary/aromatic N) is 1. The fourth-order valence-electron chi connectivity index (χ4n) is 2.91. The second-order valence-corrected chi connectivity index (χ2v) is 6.86. The smallest absolute Gasteiger partial charge is 0.255 e. The molecule has 0 saturated heterocycles. The van der Waals surface area contributed by atoms with Gasteiger partial charge in [-0.05, 0) is 47.5 Å². The van der Waals surface area contributed by atoms with Crippen LogP contribution in [0.3, 0.4) is 0 Å². The minimum absolute atomic E-state index is 0.0422. The number of aromatic hydroxyl groups is 1. The zero-order chi connectivity index (χ0) is 16.2. The molecule has 2 heterocycles. The third kappa shape index (κ3) is 3.74.